The maximum absolute atomic E-state index is 10.3. The van der Waals surface area contributed by atoms with Crippen LogP contribution in [0, 0.1) is 12.8 Å². The number of hydrogen-bond donors (Lipinski definition) is 2. The average Bonchev–Trinajstić information content (AvgIpc) is 2.36. The van der Waals surface area contributed by atoms with Crippen molar-refractivity contribution in [1.82, 2.24) is 5.32 Å². The molecule has 1 heterocycles. The minimum absolute atomic E-state index is 0.209. The maximum Gasteiger partial charge on any atom is 0.179 e. The molecule has 1 aliphatic rings. The van der Waals surface area contributed by atoms with E-state index < -0.39 is 0 Å². The van der Waals surface area contributed by atoms with E-state index in [0.29, 0.717) is 16.7 Å². The molecule has 1 fully saturated rings. The molecule has 0 amide bonds. The zero-order valence-electron chi connectivity index (χ0n) is 10.9. The van der Waals surface area contributed by atoms with Gasteiger partial charge in [-0.05, 0) is 56.8 Å². The number of aryl methyl sites for hydroxylation is 1. The van der Waals surface area contributed by atoms with Crippen molar-refractivity contribution >= 4 is 11.6 Å². The molecular weight excluding hydrogens is 250 g/mol. The molecule has 0 unspecified atom stereocenters. The van der Waals surface area contributed by atoms with Crippen LogP contribution in [-0.2, 0) is 6.42 Å². The fraction of sp³-hybridized carbons (Fsp3) is 0.571. The fourth-order valence-electron chi connectivity index (χ4n) is 2.61. The number of ether oxygens (including phenoxy) is 1. The summed E-state index contributed by atoms with van der Waals surface area (Å²) in [6.07, 6.45) is 3.21. The van der Waals surface area contributed by atoms with Crippen LogP contribution in [0.1, 0.15) is 24.0 Å². The Hall–Kier alpha value is -0.930. The Kier molecular flexibility index (Phi) is 4.36. The Morgan fingerprint density at radius 1 is 1.44 bits per heavy atom. The molecule has 0 atom stereocenters. The van der Waals surface area contributed by atoms with Gasteiger partial charge in [-0.25, -0.2) is 0 Å². The molecule has 18 heavy (non-hydrogen) atoms. The van der Waals surface area contributed by atoms with Gasteiger partial charge in [0.15, 0.2) is 11.5 Å². The molecule has 100 valence electrons. The molecular formula is C14H20ClNO2. The van der Waals surface area contributed by atoms with E-state index in [1.54, 1.807) is 0 Å². The summed E-state index contributed by atoms with van der Waals surface area (Å²) in [5.74, 6) is 1.23. The quantitative estimate of drug-likeness (QED) is 0.887. The Bertz CT molecular complexity index is 428. The molecule has 2 N–H and O–H groups in total. The highest BCUT2D eigenvalue weighted by Gasteiger charge is 2.20. The third kappa shape index (κ3) is 2.73. The SMILES string of the molecule is COc1c(Cl)cc(C)c(CC2CCNCC2)c1O. The number of methoxy groups -OCH3 is 1. The number of benzene rings is 1. The Morgan fingerprint density at radius 2 is 2.11 bits per heavy atom. The van der Waals surface area contributed by atoms with Crippen molar-refractivity contribution in [2.75, 3.05) is 20.2 Å². The third-order valence-corrected chi connectivity index (χ3v) is 3.97. The van der Waals surface area contributed by atoms with Crippen LogP contribution in [0.15, 0.2) is 6.07 Å². The lowest BCUT2D eigenvalue weighted by molar-refractivity contribution is 0.351. The maximum atomic E-state index is 10.3. The molecule has 1 aromatic carbocycles. The van der Waals surface area contributed by atoms with Gasteiger partial charge in [0, 0.05) is 5.56 Å². The summed E-state index contributed by atoms with van der Waals surface area (Å²) in [7, 11) is 1.53. The second kappa shape index (κ2) is 5.81. The van der Waals surface area contributed by atoms with Crippen LogP contribution in [0.5, 0.6) is 11.5 Å². The second-order valence-electron chi connectivity index (χ2n) is 4.93. The first-order valence-electron chi connectivity index (χ1n) is 6.39. The van der Waals surface area contributed by atoms with Gasteiger partial charge in [-0.1, -0.05) is 11.6 Å². The van der Waals surface area contributed by atoms with E-state index in [1.807, 2.05) is 13.0 Å². The number of hydrogen-bond acceptors (Lipinski definition) is 3. The summed E-state index contributed by atoms with van der Waals surface area (Å²) >= 11 is 6.05. The minimum Gasteiger partial charge on any atom is -0.504 e. The van der Waals surface area contributed by atoms with Crippen molar-refractivity contribution in [3.05, 3.63) is 22.2 Å². The number of phenolic OH excluding ortho intramolecular Hbond substituents is 1. The van der Waals surface area contributed by atoms with Gasteiger partial charge in [0.05, 0.1) is 12.1 Å². The van der Waals surface area contributed by atoms with E-state index in [9.17, 15) is 5.11 Å². The van der Waals surface area contributed by atoms with Crippen molar-refractivity contribution in [2.45, 2.75) is 26.2 Å². The van der Waals surface area contributed by atoms with Gasteiger partial charge in [0.25, 0.3) is 0 Å². The second-order valence-corrected chi connectivity index (χ2v) is 5.34. The van der Waals surface area contributed by atoms with E-state index in [1.165, 1.54) is 7.11 Å². The van der Waals surface area contributed by atoms with E-state index in [4.69, 9.17) is 16.3 Å². The lowest BCUT2D eigenvalue weighted by Gasteiger charge is -2.24. The number of nitrogens with one attached hydrogen (secondary N) is 1. The van der Waals surface area contributed by atoms with Gasteiger partial charge in [-0.2, -0.15) is 0 Å². The summed E-state index contributed by atoms with van der Waals surface area (Å²) < 4.78 is 5.17. The van der Waals surface area contributed by atoms with Crippen molar-refractivity contribution in [3.8, 4) is 11.5 Å². The zero-order chi connectivity index (χ0) is 13.1. The fourth-order valence-corrected chi connectivity index (χ4v) is 2.94. The first-order valence-corrected chi connectivity index (χ1v) is 6.77. The predicted octanol–water partition coefficient (Wildman–Crippen LogP) is 2.90. The van der Waals surface area contributed by atoms with Crippen LogP contribution in [0.4, 0.5) is 0 Å². The molecule has 0 aromatic heterocycles. The first kappa shape index (κ1) is 13.5. The van der Waals surface area contributed by atoms with Crippen LogP contribution in [0.3, 0.4) is 0 Å². The summed E-state index contributed by atoms with van der Waals surface area (Å²) in [6, 6.07) is 1.87. The highest BCUT2D eigenvalue weighted by Crippen LogP contribution is 2.40. The largest absolute Gasteiger partial charge is 0.504 e. The standard InChI is InChI=1S/C14H20ClNO2/c1-9-7-12(15)14(18-2)13(17)11(9)8-10-3-5-16-6-4-10/h7,10,16-17H,3-6,8H2,1-2H3. The van der Waals surface area contributed by atoms with Crippen LogP contribution in [0.25, 0.3) is 0 Å². The lowest BCUT2D eigenvalue weighted by atomic mass is 9.88. The van der Waals surface area contributed by atoms with Crippen LogP contribution in [0.2, 0.25) is 5.02 Å². The summed E-state index contributed by atoms with van der Waals surface area (Å²) in [6.45, 7) is 4.12. The molecule has 0 saturated carbocycles. The normalized spacial score (nSPS) is 16.8. The minimum atomic E-state index is 0.209. The van der Waals surface area contributed by atoms with Crippen molar-refractivity contribution in [2.24, 2.45) is 5.92 Å². The topological polar surface area (TPSA) is 41.5 Å². The van der Waals surface area contributed by atoms with E-state index in [0.717, 1.165) is 43.5 Å². The summed E-state index contributed by atoms with van der Waals surface area (Å²) in [5, 5.41) is 14.1. The molecule has 0 radical (unpaired) electrons. The molecule has 1 saturated heterocycles. The number of rotatable bonds is 3. The number of aromatic hydroxyl groups is 1. The number of piperidine rings is 1. The Morgan fingerprint density at radius 3 is 2.72 bits per heavy atom. The van der Waals surface area contributed by atoms with Gasteiger partial charge < -0.3 is 15.2 Å². The Balaban J connectivity index is 2.26. The van der Waals surface area contributed by atoms with Gasteiger partial charge in [-0.15, -0.1) is 0 Å². The molecule has 2 rings (SSSR count). The summed E-state index contributed by atoms with van der Waals surface area (Å²) in [4.78, 5) is 0. The predicted molar refractivity (Wildman–Crippen MR) is 73.7 cm³/mol. The highest BCUT2D eigenvalue weighted by atomic mass is 35.5. The third-order valence-electron chi connectivity index (χ3n) is 3.69. The van der Waals surface area contributed by atoms with Gasteiger partial charge in [0.2, 0.25) is 0 Å². The van der Waals surface area contributed by atoms with E-state index in [-0.39, 0.29) is 5.75 Å². The van der Waals surface area contributed by atoms with E-state index in [2.05, 4.69) is 5.32 Å². The van der Waals surface area contributed by atoms with Crippen molar-refractivity contribution in [3.63, 3.8) is 0 Å². The molecule has 4 heteroatoms. The van der Waals surface area contributed by atoms with E-state index >= 15 is 0 Å². The molecule has 0 spiro atoms. The van der Waals surface area contributed by atoms with Gasteiger partial charge in [0.1, 0.15) is 0 Å². The highest BCUT2D eigenvalue weighted by molar-refractivity contribution is 6.32. The van der Waals surface area contributed by atoms with Gasteiger partial charge >= 0.3 is 0 Å². The molecule has 1 aliphatic heterocycles. The van der Waals surface area contributed by atoms with Crippen LogP contribution in [-0.4, -0.2) is 25.3 Å². The lowest BCUT2D eigenvalue weighted by Crippen LogP contribution is -2.28. The molecule has 0 bridgehead atoms. The smallest absolute Gasteiger partial charge is 0.179 e. The molecule has 1 aromatic rings. The number of halogens is 1. The average molecular weight is 270 g/mol. The van der Waals surface area contributed by atoms with Gasteiger partial charge in [-0.3, -0.25) is 0 Å². The molecule has 3 nitrogen and oxygen atoms in total. The van der Waals surface area contributed by atoms with Crippen molar-refractivity contribution < 1.29 is 9.84 Å². The van der Waals surface area contributed by atoms with Crippen molar-refractivity contribution in [1.29, 1.82) is 0 Å². The van der Waals surface area contributed by atoms with Crippen LogP contribution < -0.4 is 10.1 Å². The Labute approximate surface area is 113 Å². The zero-order valence-corrected chi connectivity index (χ0v) is 11.7. The monoisotopic (exact) mass is 269 g/mol. The van der Waals surface area contributed by atoms with Crippen LogP contribution >= 0.6 is 11.6 Å². The number of phenols is 1. The molecule has 0 aliphatic carbocycles. The first-order chi connectivity index (χ1) is 8.63. The summed E-state index contributed by atoms with van der Waals surface area (Å²) in [5.41, 5.74) is 2.01.